The van der Waals surface area contributed by atoms with E-state index in [2.05, 4.69) is 43.8 Å². The van der Waals surface area contributed by atoms with Gasteiger partial charge in [0, 0.05) is 27.2 Å². The SMILES string of the molecule is CNCC1CCCCN1C(=O)c1cc(Br)ccc1I. The van der Waals surface area contributed by atoms with Crippen LogP contribution in [-0.4, -0.2) is 37.0 Å². The predicted molar refractivity (Wildman–Crippen MR) is 89.5 cm³/mol. The largest absolute Gasteiger partial charge is 0.334 e. The van der Waals surface area contributed by atoms with E-state index in [4.69, 9.17) is 0 Å². The molecule has 0 aliphatic carbocycles. The van der Waals surface area contributed by atoms with E-state index in [-0.39, 0.29) is 5.91 Å². The van der Waals surface area contributed by atoms with Gasteiger partial charge < -0.3 is 10.2 Å². The van der Waals surface area contributed by atoms with Gasteiger partial charge in [0.25, 0.3) is 5.91 Å². The van der Waals surface area contributed by atoms with Crippen molar-refractivity contribution in [1.82, 2.24) is 10.2 Å². The molecule has 104 valence electrons. The van der Waals surface area contributed by atoms with Gasteiger partial charge in [-0.05, 0) is 67.1 Å². The van der Waals surface area contributed by atoms with Gasteiger partial charge in [0.15, 0.2) is 0 Å². The van der Waals surface area contributed by atoms with Gasteiger partial charge in [-0.2, -0.15) is 0 Å². The maximum Gasteiger partial charge on any atom is 0.255 e. The Balaban J connectivity index is 2.23. The van der Waals surface area contributed by atoms with Crippen molar-refractivity contribution in [2.45, 2.75) is 25.3 Å². The van der Waals surface area contributed by atoms with Gasteiger partial charge >= 0.3 is 0 Å². The molecule has 1 atom stereocenters. The Hall–Kier alpha value is -0.140. The number of rotatable bonds is 3. The van der Waals surface area contributed by atoms with Crippen LogP contribution in [0.5, 0.6) is 0 Å². The summed E-state index contributed by atoms with van der Waals surface area (Å²) in [5.74, 6) is 0.158. The van der Waals surface area contributed by atoms with Gasteiger partial charge in [-0.1, -0.05) is 15.9 Å². The molecule has 0 aromatic heterocycles. The van der Waals surface area contributed by atoms with Crippen molar-refractivity contribution < 1.29 is 4.79 Å². The highest BCUT2D eigenvalue weighted by molar-refractivity contribution is 14.1. The average molecular weight is 437 g/mol. The smallest absolute Gasteiger partial charge is 0.255 e. The van der Waals surface area contributed by atoms with E-state index in [9.17, 15) is 4.79 Å². The van der Waals surface area contributed by atoms with E-state index in [0.717, 1.165) is 39.5 Å². The Morgan fingerprint density at radius 3 is 3.05 bits per heavy atom. The second kappa shape index (κ2) is 7.04. The molecule has 3 nitrogen and oxygen atoms in total. The fourth-order valence-corrected chi connectivity index (χ4v) is 3.46. The first-order valence-corrected chi connectivity index (χ1v) is 8.41. The summed E-state index contributed by atoms with van der Waals surface area (Å²) in [6.07, 6.45) is 3.42. The van der Waals surface area contributed by atoms with Crippen LogP contribution in [0.1, 0.15) is 29.6 Å². The van der Waals surface area contributed by atoms with Crippen LogP contribution in [0.2, 0.25) is 0 Å². The van der Waals surface area contributed by atoms with Gasteiger partial charge in [0.2, 0.25) is 0 Å². The summed E-state index contributed by atoms with van der Waals surface area (Å²) in [4.78, 5) is 14.8. The first kappa shape index (κ1) is 15.3. The number of hydrogen-bond acceptors (Lipinski definition) is 2. The van der Waals surface area contributed by atoms with Crippen LogP contribution in [0.4, 0.5) is 0 Å². The quantitative estimate of drug-likeness (QED) is 0.737. The normalized spacial score (nSPS) is 19.5. The van der Waals surface area contributed by atoms with Gasteiger partial charge in [0.05, 0.1) is 5.56 Å². The molecule has 1 unspecified atom stereocenters. The Labute approximate surface area is 136 Å². The third kappa shape index (κ3) is 3.70. The molecule has 0 spiro atoms. The number of likely N-dealkylation sites (N-methyl/N-ethyl adjacent to an activating group) is 1. The van der Waals surface area contributed by atoms with Crippen molar-refractivity contribution in [2.24, 2.45) is 0 Å². The van der Waals surface area contributed by atoms with E-state index in [0.29, 0.717) is 6.04 Å². The van der Waals surface area contributed by atoms with Crippen molar-refractivity contribution in [3.63, 3.8) is 0 Å². The van der Waals surface area contributed by atoms with Crippen molar-refractivity contribution in [3.05, 3.63) is 31.8 Å². The molecule has 1 aliphatic rings. The molecule has 2 rings (SSSR count). The molecule has 0 bridgehead atoms. The van der Waals surface area contributed by atoms with Crippen LogP contribution < -0.4 is 5.32 Å². The molecule has 1 heterocycles. The Bertz CT molecular complexity index is 465. The molecule has 0 radical (unpaired) electrons. The number of halogens is 2. The minimum atomic E-state index is 0.158. The second-order valence-electron chi connectivity index (χ2n) is 4.83. The van der Waals surface area contributed by atoms with E-state index >= 15 is 0 Å². The zero-order valence-corrected chi connectivity index (χ0v) is 14.7. The Kier molecular flexibility index (Phi) is 5.65. The minimum absolute atomic E-state index is 0.158. The summed E-state index contributed by atoms with van der Waals surface area (Å²) in [5.41, 5.74) is 0.804. The number of piperidine rings is 1. The fourth-order valence-electron chi connectivity index (χ4n) is 2.53. The van der Waals surface area contributed by atoms with Crippen molar-refractivity contribution in [1.29, 1.82) is 0 Å². The predicted octanol–water partition coefficient (Wildman–Crippen LogP) is 3.27. The highest BCUT2D eigenvalue weighted by Crippen LogP contribution is 2.24. The molecule has 1 aromatic carbocycles. The number of amides is 1. The van der Waals surface area contributed by atoms with Crippen LogP contribution in [-0.2, 0) is 0 Å². The zero-order valence-electron chi connectivity index (χ0n) is 11.0. The maximum atomic E-state index is 12.7. The van der Waals surface area contributed by atoms with Crippen LogP contribution in [0.3, 0.4) is 0 Å². The number of likely N-dealkylation sites (tertiary alicyclic amines) is 1. The molecule has 5 heteroatoms. The second-order valence-corrected chi connectivity index (χ2v) is 6.91. The van der Waals surface area contributed by atoms with Gasteiger partial charge in [0.1, 0.15) is 0 Å². The monoisotopic (exact) mass is 436 g/mol. The lowest BCUT2D eigenvalue weighted by Gasteiger charge is -2.36. The summed E-state index contributed by atoms with van der Waals surface area (Å²) >= 11 is 5.68. The third-order valence-corrected chi connectivity index (χ3v) is 4.92. The zero-order chi connectivity index (χ0) is 13.8. The molecule has 1 amide bonds. The highest BCUT2D eigenvalue weighted by Gasteiger charge is 2.27. The maximum absolute atomic E-state index is 12.7. The number of carbonyl (C=O) groups excluding carboxylic acids is 1. The summed E-state index contributed by atoms with van der Waals surface area (Å²) in [7, 11) is 1.94. The number of benzene rings is 1. The van der Waals surface area contributed by atoms with Crippen molar-refractivity contribution in [3.8, 4) is 0 Å². The number of hydrogen-bond donors (Lipinski definition) is 1. The number of carbonyl (C=O) groups is 1. The number of nitrogens with one attached hydrogen (secondary N) is 1. The van der Waals surface area contributed by atoms with Gasteiger partial charge in [-0.25, -0.2) is 0 Å². The fraction of sp³-hybridized carbons (Fsp3) is 0.500. The first-order valence-electron chi connectivity index (χ1n) is 6.54. The summed E-state index contributed by atoms with van der Waals surface area (Å²) in [6.45, 7) is 1.74. The van der Waals surface area contributed by atoms with Gasteiger partial charge in [-0.3, -0.25) is 4.79 Å². The summed E-state index contributed by atoms with van der Waals surface area (Å²) in [6, 6.07) is 6.20. The van der Waals surface area contributed by atoms with Crippen LogP contribution in [0.15, 0.2) is 22.7 Å². The van der Waals surface area contributed by atoms with E-state index in [1.807, 2.05) is 30.1 Å². The van der Waals surface area contributed by atoms with Crippen LogP contribution >= 0.6 is 38.5 Å². The molecule has 1 aliphatic heterocycles. The Morgan fingerprint density at radius 2 is 2.32 bits per heavy atom. The average Bonchev–Trinajstić information content (AvgIpc) is 2.42. The van der Waals surface area contributed by atoms with Crippen molar-refractivity contribution >= 4 is 44.4 Å². The van der Waals surface area contributed by atoms with Crippen molar-refractivity contribution in [2.75, 3.05) is 20.1 Å². The van der Waals surface area contributed by atoms with E-state index < -0.39 is 0 Å². The molecular weight excluding hydrogens is 419 g/mol. The van der Waals surface area contributed by atoms with Gasteiger partial charge in [-0.15, -0.1) is 0 Å². The third-order valence-electron chi connectivity index (χ3n) is 3.49. The lowest BCUT2D eigenvalue weighted by Crippen LogP contribution is -2.48. The molecule has 1 N–H and O–H groups in total. The van der Waals surface area contributed by atoms with E-state index in [1.165, 1.54) is 6.42 Å². The Morgan fingerprint density at radius 1 is 1.53 bits per heavy atom. The topological polar surface area (TPSA) is 32.3 Å². The molecule has 1 fully saturated rings. The molecule has 1 saturated heterocycles. The minimum Gasteiger partial charge on any atom is -0.334 e. The van der Waals surface area contributed by atoms with Crippen LogP contribution in [0.25, 0.3) is 0 Å². The van der Waals surface area contributed by atoms with Crippen LogP contribution in [0, 0.1) is 3.57 Å². The summed E-state index contributed by atoms with van der Waals surface area (Å²) < 4.78 is 1.97. The first-order chi connectivity index (χ1) is 9.13. The lowest BCUT2D eigenvalue weighted by atomic mass is 10.0. The lowest BCUT2D eigenvalue weighted by molar-refractivity contribution is 0.0614. The molecule has 19 heavy (non-hydrogen) atoms. The molecule has 1 aromatic rings. The highest BCUT2D eigenvalue weighted by atomic mass is 127. The summed E-state index contributed by atoms with van der Waals surface area (Å²) in [5, 5.41) is 3.19. The number of nitrogens with zero attached hydrogens (tertiary/aromatic N) is 1. The van der Waals surface area contributed by atoms with E-state index in [1.54, 1.807) is 0 Å². The molecular formula is C14H18BrIN2O. The standard InChI is InChI=1S/C14H18BrIN2O/c1-17-9-11-4-2-3-7-18(11)14(19)12-8-10(15)5-6-13(12)16/h5-6,8,11,17H,2-4,7,9H2,1H3. The molecule has 0 saturated carbocycles.